The van der Waals surface area contributed by atoms with Gasteiger partial charge in [-0.05, 0) is 13.0 Å². The van der Waals surface area contributed by atoms with E-state index < -0.39 is 5.97 Å². The Balaban J connectivity index is 2.51. The van der Waals surface area contributed by atoms with Gasteiger partial charge in [0, 0.05) is 11.1 Å². The minimum Gasteiger partial charge on any atom is -0.481 e. The minimum atomic E-state index is -0.429. The summed E-state index contributed by atoms with van der Waals surface area (Å²) in [6, 6.07) is 6.79. The highest BCUT2D eigenvalue weighted by Gasteiger charge is 2.18. The second-order valence-electron chi connectivity index (χ2n) is 5.23. The van der Waals surface area contributed by atoms with E-state index in [0.29, 0.717) is 22.6 Å². The largest absolute Gasteiger partial charge is 0.481 e. The van der Waals surface area contributed by atoms with Crippen LogP contribution in [0.25, 0.3) is 0 Å². The number of benzene rings is 1. The SMILES string of the molecule is CO/N=C(\C)c1cccc(Oc2nc(OC)cc(OC)n2)c1CC(=O)OC. The standard InChI is InChI=1S/C18H21N3O6/c1-11(21-26-5)12-7-6-8-14(13(12)9-17(22)25-4)27-18-19-15(23-2)10-16(20-18)24-3/h6-8,10H,9H2,1-5H3/b21-11+. The Kier molecular flexibility index (Phi) is 6.93. The molecule has 0 saturated heterocycles. The number of rotatable bonds is 8. The molecule has 2 rings (SSSR count). The number of methoxy groups -OCH3 is 3. The fourth-order valence-electron chi connectivity index (χ4n) is 2.32. The van der Waals surface area contributed by atoms with E-state index in [4.69, 9.17) is 23.8 Å². The lowest BCUT2D eigenvalue weighted by Crippen LogP contribution is -2.11. The Morgan fingerprint density at radius 1 is 1.07 bits per heavy atom. The van der Waals surface area contributed by atoms with E-state index in [1.54, 1.807) is 25.1 Å². The average molecular weight is 375 g/mol. The zero-order valence-corrected chi connectivity index (χ0v) is 15.8. The molecule has 0 aliphatic rings. The van der Waals surface area contributed by atoms with Crippen molar-refractivity contribution in [2.45, 2.75) is 13.3 Å². The first kappa shape index (κ1) is 20.0. The number of hydrogen-bond donors (Lipinski definition) is 0. The van der Waals surface area contributed by atoms with Crippen molar-refractivity contribution in [3.63, 3.8) is 0 Å². The number of hydrogen-bond acceptors (Lipinski definition) is 9. The van der Waals surface area contributed by atoms with Crippen LogP contribution in [0.1, 0.15) is 18.1 Å². The minimum absolute atomic E-state index is 0.01000. The molecule has 0 spiro atoms. The highest BCUT2D eigenvalue weighted by Crippen LogP contribution is 2.29. The Morgan fingerprint density at radius 3 is 2.30 bits per heavy atom. The van der Waals surface area contributed by atoms with Crippen LogP contribution >= 0.6 is 0 Å². The van der Waals surface area contributed by atoms with Gasteiger partial charge in [-0.1, -0.05) is 17.3 Å². The lowest BCUT2D eigenvalue weighted by atomic mass is 10.00. The van der Waals surface area contributed by atoms with Crippen LogP contribution in [0, 0.1) is 0 Å². The van der Waals surface area contributed by atoms with Crippen molar-refractivity contribution in [1.82, 2.24) is 9.97 Å². The number of carbonyl (C=O) groups is 1. The number of carbonyl (C=O) groups excluding carboxylic acids is 1. The maximum atomic E-state index is 11.9. The van der Waals surface area contributed by atoms with E-state index in [2.05, 4.69) is 15.1 Å². The van der Waals surface area contributed by atoms with Gasteiger partial charge in [-0.3, -0.25) is 4.79 Å². The van der Waals surface area contributed by atoms with Crippen LogP contribution in [-0.4, -0.2) is 50.1 Å². The molecule has 0 aliphatic carbocycles. The summed E-state index contributed by atoms with van der Waals surface area (Å²) in [5.74, 6) is 0.500. The van der Waals surface area contributed by atoms with Gasteiger partial charge in [-0.25, -0.2) is 0 Å². The molecular weight excluding hydrogens is 354 g/mol. The van der Waals surface area contributed by atoms with E-state index in [1.165, 1.54) is 34.5 Å². The molecule has 9 nitrogen and oxygen atoms in total. The second kappa shape index (κ2) is 9.37. The number of oxime groups is 1. The predicted molar refractivity (Wildman–Crippen MR) is 96.6 cm³/mol. The number of aromatic nitrogens is 2. The van der Waals surface area contributed by atoms with Crippen LogP contribution in [0.5, 0.6) is 23.5 Å². The fourth-order valence-corrected chi connectivity index (χ4v) is 2.32. The number of ether oxygens (including phenoxy) is 4. The lowest BCUT2D eigenvalue weighted by molar-refractivity contribution is -0.139. The van der Waals surface area contributed by atoms with Crippen LogP contribution in [0.2, 0.25) is 0 Å². The highest BCUT2D eigenvalue weighted by atomic mass is 16.6. The zero-order valence-electron chi connectivity index (χ0n) is 15.8. The van der Waals surface area contributed by atoms with Crippen LogP contribution < -0.4 is 14.2 Å². The van der Waals surface area contributed by atoms with E-state index in [-0.39, 0.29) is 24.2 Å². The van der Waals surface area contributed by atoms with E-state index in [0.717, 1.165) is 0 Å². The van der Waals surface area contributed by atoms with Crippen molar-refractivity contribution >= 4 is 11.7 Å². The number of esters is 1. The third-order valence-corrected chi connectivity index (χ3v) is 3.58. The van der Waals surface area contributed by atoms with Gasteiger partial charge in [0.15, 0.2) is 0 Å². The van der Waals surface area contributed by atoms with Crippen molar-refractivity contribution < 1.29 is 28.6 Å². The first-order chi connectivity index (χ1) is 13.0. The third kappa shape index (κ3) is 5.06. The van der Waals surface area contributed by atoms with Gasteiger partial charge in [0.05, 0.1) is 39.5 Å². The maximum Gasteiger partial charge on any atom is 0.328 e. The Morgan fingerprint density at radius 2 is 1.74 bits per heavy atom. The molecule has 2 aromatic rings. The molecule has 0 radical (unpaired) electrons. The molecule has 1 aromatic heterocycles. The van der Waals surface area contributed by atoms with Gasteiger partial charge in [-0.2, -0.15) is 9.97 Å². The molecule has 0 amide bonds. The van der Waals surface area contributed by atoms with Gasteiger partial charge in [0.2, 0.25) is 11.8 Å². The van der Waals surface area contributed by atoms with E-state index >= 15 is 0 Å². The Bertz CT molecular complexity index is 816. The average Bonchev–Trinajstić information content (AvgIpc) is 2.68. The van der Waals surface area contributed by atoms with E-state index in [1.807, 2.05) is 0 Å². The first-order valence-electron chi connectivity index (χ1n) is 7.94. The molecule has 0 fully saturated rings. The van der Waals surface area contributed by atoms with Gasteiger partial charge in [0.1, 0.15) is 12.9 Å². The van der Waals surface area contributed by atoms with Crippen LogP contribution in [0.4, 0.5) is 0 Å². The van der Waals surface area contributed by atoms with Crippen LogP contribution in [0.3, 0.4) is 0 Å². The van der Waals surface area contributed by atoms with Gasteiger partial charge in [-0.15, -0.1) is 0 Å². The summed E-state index contributed by atoms with van der Waals surface area (Å²) in [4.78, 5) is 25.0. The summed E-state index contributed by atoms with van der Waals surface area (Å²) < 4.78 is 20.9. The highest BCUT2D eigenvalue weighted by molar-refractivity contribution is 6.01. The summed E-state index contributed by atoms with van der Waals surface area (Å²) in [5.41, 5.74) is 1.81. The van der Waals surface area contributed by atoms with Gasteiger partial charge < -0.3 is 23.8 Å². The molecular formula is C18H21N3O6. The summed E-state index contributed by atoms with van der Waals surface area (Å²) in [7, 11) is 5.71. The first-order valence-corrected chi connectivity index (χ1v) is 7.94. The molecule has 0 aliphatic heterocycles. The lowest BCUT2D eigenvalue weighted by Gasteiger charge is -2.14. The number of nitrogens with zero attached hydrogens (tertiary/aromatic N) is 3. The molecule has 27 heavy (non-hydrogen) atoms. The second-order valence-corrected chi connectivity index (χ2v) is 5.23. The molecule has 0 atom stereocenters. The summed E-state index contributed by atoms with van der Waals surface area (Å²) in [6.07, 6.45) is -0.0281. The van der Waals surface area contributed by atoms with Gasteiger partial charge in [0.25, 0.3) is 0 Å². The topological polar surface area (TPSA) is 101 Å². The molecule has 0 unspecified atom stereocenters. The smallest absolute Gasteiger partial charge is 0.328 e. The molecule has 0 saturated carbocycles. The molecule has 0 N–H and O–H groups in total. The van der Waals surface area contributed by atoms with E-state index in [9.17, 15) is 4.79 Å². The zero-order chi connectivity index (χ0) is 19.8. The maximum absolute atomic E-state index is 11.9. The van der Waals surface area contributed by atoms with Crippen molar-refractivity contribution in [3.8, 4) is 23.5 Å². The predicted octanol–water partition coefficient (Wildman–Crippen LogP) is 2.37. The van der Waals surface area contributed by atoms with Gasteiger partial charge >= 0.3 is 12.0 Å². The normalized spacial score (nSPS) is 10.9. The third-order valence-electron chi connectivity index (χ3n) is 3.58. The molecule has 0 bridgehead atoms. The fraction of sp³-hybridized carbons (Fsp3) is 0.333. The Labute approximate surface area is 156 Å². The summed E-state index contributed by atoms with van der Waals surface area (Å²) >= 11 is 0. The van der Waals surface area contributed by atoms with Crippen LogP contribution in [0.15, 0.2) is 29.4 Å². The van der Waals surface area contributed by atoms with Crippen molar-refractivity contribution in [1.29, 1.82) is 0 Å². The van der Waals surface area contributed by atoms with Crippen molar-refractivity contribution in [2.75, 3.05) is 28.4 Å². The summed E-state index contributed by atoms with van der Waals surface area (Å²) in [6.45, 7) is 1.76. The molecule has 1 aromatic carbocycles. The van der Waals surface area contributed by atoms with Crippen molar-refractivity contribution in [2.24, 2.45) is 5.16 Å². The van der Waals surface area contributed by atoms with Crippen LogP contribution in [-0.2, 0) is 20.8 Å². The molecule has 9 heteroatoms. The monoisotopic (exact) mass is 375 g/mol. The Hall–Kier alpha value is -3.36. The molecule has 1 heterocycles. The molecule has 144 valence electrons. The van der Waals surface area contributed by atoms with Crippen molar-refractivity contribution in [3.05, 3.63) is 35.4 Å². The quantitative estimate of drug-likeness (QED) is 0.394. The summed E-state index contributed by atoms with van der Waals surface area (Å²) in [5, 5.41) is 3.93.